The van der Waals surface area contributed by atoms with E-state index in [9.17, 15) is 4.79 Å². The van der Waals surface area contributed by atoms with E-state index in [0.717, 1.165) is 51.2 Å². The van der Waals surface area contributed by atoms with Gasteiger partial charge in [0, 0.05) is 34.4 Å². The second-order valence-electron chi connectivity index (χ2n) is 9.62. The molecule has 1 N–H and O–H groups in total. The highest BCUT2D eigenvalue weighted by molar-refractivity contribution is 7.09. The van der Waals surface area contributed by atoms with E-state index in [0.29, 0.717) is 19.6 Å². The zero-order valence-electron chi connectivity index (χ0n) is 22.1. The van der Waals surface area contributed by atoms with Crippen molar-refractivity contribution in [1.29, 1.82) is 0 Å². The standard InChI is InChI=1S/C29H32N6O2S/c1-5-27(28-31-32-33-35(28)16-21-8-10-23(37-4)11-9-21)34(18-24-7-6-12-38-24)17-22-15-25-20(3)13-19(2)14-26(25)30-29(22)36/h6-15,27H,5,16-18H2,1-4H3,(H,30,36)/t27-/m1/s1. The molecule has 0 bridgehead atoms. The number of nitrogens with one attached hydrogen (secondary N) is 1. The van der Waals surface area contributed by atoms with Crippen molar-refractivity contribution in [2.45, 2.75) is 52.9 Å². The summed E-state index contributed by atoms with van der Waals surface area (Å²) in [6.07, 6.45) is 0.790. The van der Waals surface area contributed by atoms with Crippen molar-refractivity contribution in [3.63, 3.8) is 0 Å². The molecule has 0 unspecified atom stereocenters. The second kappa shape index (κ2) is 11.3. The smallest absolute Gasteiger partial charge is 0.252 e. The largest absolute Gasteiger partial charge is 0.497 e. The number of benzene rings is 2. The average molecular weight is 529 g/mol. The molecule has 196 valence electrons. The Bertz CT molecular complexity index is 1570. The fraction of sp³-hybridized carbons (Fsp3) is 0.310. The second-order valence-corrected chi connectivity index (χ2v) is 10.7. The van der Waals surface area contributed by atoms with Crippen LogP contribution in [0.25, 0.3) is 10.9 Å². The van der Waals surface area contributed by atoms with Gasteiger partial charge in [-0.1, -0.05) is 31.2 Å². The number of pyridine rings is 1. The molecule has 0 aliphatic heterocycles. The zero-order chi connectivity index (χ0) is 26.6. The van der Waals surface area contributed by atoms with E-state index >= 15 is 0 Å². The zero-order valence-corrected chi connectivity index (χ0v) is 23.0. The number of thiophene rings is 1. The first kappa shape index (κ1) is 25.8. The highest BCUT2D eigenvalue weighted by Gasteiger charge is 2.26. The van der Waals surface area contributed by atoms with Gasteiger partial charge in [-0.25, -0.2) is 4.68 Å². The molecule has 0 aliphatic rings. The van der Waals surface area contributed by atoms with Crippen LogP contribution >= 0.6 is 11.3 Å². The van der Waals surface area contributed by atoms with Gasteiger partial charge in [0.25, 0.3) is 5.56 Å². The van der Waals surface area contributed by atoms with Gasteiger partial charge in [-0.15, -0.1) is 16.4 Å². The summed E-state index contributed by atoms with van der Waals surface area (Å²) >= 11 is 1.71. The Morgan fingerprint density at radius 3 is 2.63 bits per heavy atom. The van der Waals surface area contributed by atoms with E-state index < -0.39 is 0 Å². The number of methoxy groups -OCH3 is 1. The van der Waals surface area contributed by atoms with Crippen LogP contribution in [0.3, 0.4) is 0 Å². The summed E-state index contributed by atoms with van der Waals surface area (Å²) in [4.78, 5) is 19.9. The Hall–Kier alpha value is -3.82. The number of aromatic amines is 1. The number of fused-ring (bicyclic) bond motifs is 1. The van der Waals surface area contributed by atoms with E-state index in [1.807, 2.05) is 48.0 Å². The summed E-state index contributed by atoms with van der Waals surface area (Å²) in [6, 6.07) is 18.2. The molecule has 0 amide bonds. The monoisotopic (exact) mass is 528 g/mol. The summed E-state index contributed by atoms with van der Waals surface area (Å²) in [7, 11) is 1.66. The average Bonchev–Trinajstić information content (AvgIpc) is 3.58. The predicted molar refractivity (Wildman–Crippen MR) is 151 cm³/mol. The highest BCUT2D eigenvalue weighted by atomic mass is 32.1. The van der Waals surface area contributed by atoms with Crippen LogP contribution in [0.15, 0.2) is 64.8 Å². The van der Waals surface area contributed by atoms with Gasteiger partial charge in [-0.3, -0.25) is 9.69 Å². The van der Waals surface area contributed by atoms with Crippen molar-refractivity contribution in [3.05, 3.63) is 103 Å². The number of ether oxygens (including phenoxy) is 1. The van der Waals surface area contributed by atoms with Crippen LogP contribution in [0.2, 0.25) is 0 Å². The molecule has 0 radical (unpaired) electrons. The number of tetrazole rings is 1. The molecule has 5 aromatic rings. The van der Waals surface area contributed by atoms with Gasteiger partial charge in [-0.2, -0.15) is 0 Å². The number of nitrogens with zero attached hydrogens (tertiary/aromatic N) is 5. The molecule has 5 rings (SSSR count). The SMILES string of the molecule is CC[C@H](c1nnnn1Cc1ccc(OC)cc1)N(Cc1cccs1)Cc1cc2c(C)cc(C)cc2[nH]c1=O. The summed E-state index contributed by atoms with van der Waals surface area (Å²) in [5.74, 6) is 1.59. The first-order valence-electron chi connectivity index (χ1n) is 12.7. The molecule has 8 nitrogen and oxygen atoms in total. The molecular weight excluding hydrogens is 496 g/mol. The number of aromatic nitrogens is 5. The van der Waals surface area contributed by atoms with E-state index in [-0.39, 0.29) is 11.6 Å². The van der Waals surface area contributed by atoms with Crippen LogP contribution in [0.4, 0.5) is 0 Å². The molecule has 9 heteroatoms. The van der Waals surface area contributed by atoms with Gasteiger partial charge >= 0.3 is 0 Å². The van der Waals surface area contributed by atoms with Crippen molar-refractivity contribution in [2.24, 2.45) is 0 Å². The summed E-state index contributed by atoms with van der Waals surface area (Å²) in [5.41, 5.74) is 4.90. The van der Waals surface area contributed by atoms with Gasteiger partial charge in [0.1, 0.15) is 5.75 Å². The van der Waals surface area contributed by atoms with E-state index in [4.69, 9.17) is 4.74 Å². The lowest BCUT2D eigenvalue weighted by Crippen LogP contribution is -2.32. The van der Waals surface area contributed by atoms with Crippen molar-refractivity contribution < 1.29 is 4.74 Å². The fourth-order valence-electron chi connectivity index (χ4n) is 5.00. The van der Waals surface area contributed by atoms with E-state index in [1.165, 1.54) is 4.88 Å². The van der Waals surface area contributed by atoms with Crippen LogP contribution in [0, 0.1) is 13.8 Å². The third kappa shape index (κ3) is 5.54. The molecule has 3 heterocycles. The Morgan fingerprint density at radius 1 is 1.11 bits per heavy atom. The number of rotatable bonds is 10. The number of aryl methyl sites for hydroxylation is 2. The molecule has 0 aliphatic carbocycles. The Kier molecular flexibility index (Phi) is 7.67. The number of hydrogen-bond acceptors (Lipinski definition) is 7. The normalized spacial score (nSPS) is 12.3. The quantitative estimate of drug-likeness (QED) is 0.261. The van der Waals surface area contributed by atoms with Gasteiger partial charge in [0.05, 0.1) is 19.7 Å². The van der Waals surface area contributed by atoms with Gasteiger partial charge in [0.2, 0.25) is 0 Å². The fourth-order valence-corrected chi connectivity index (χ4v) is 5.73. The molecule has 1 atom stereocenters. The molecule has 38 heavy (non-hydrogen) atoms. The Morgan fingerprint density at radius 2 is 1.92 bits per heavy atom. The van der Waals surface area contributed by atoms with Crippen LogP contribution in [-0.2, 0) is 19.6 Å². The minimum absolute atomic E-state index is 0.0636. The van der Waals surface area contributed by atoms with Gasteiger partial charge in [0.15, 0.2) is 5.82 Å². The Balaban J connectivity index is 1.50. The van der Waals surface area contributed by atoms with E-state index in [1.54, 1.807) is 18.4 Å². The van der Waals surface area contributed by atoms with Crippen LogP contribution in [0.1, 0.15) is 52.3 Å². The predicted octanol–water partition coefficient (Wildman–Crippen LogP) is 5.40. The number of hydrogen-bond donors (Lipinski definition) is 1. The van der Waals surface area contributed by atoms with Crippen molar-refractivity contribution in [1.82, 2.24) is 30.1 Å². The minimum Gasteiger partial charge on any atom is -0.497 e. The molecule has 0 saturated heterocycles. The molecule has 0 saturated carbocycles. The van der Waals surface area contributed by atoms with Gasteiger partial charge < -0.3 is 9.72 Å². The van der Waals surface area contributed by atoms with Gasteiger partial charge in [-0.05, 0) is 83.1 Å². The Labute approximate surface area is 225 Å². The van der Waals surface area contributed by atoms with Crippen molar-refractivity contribution >= 4 is 22.2 Å². The minimum atomic E-state index is -0.0837. The maximum Gasteiger partial charge on any atom is 0.252 e. The lowest BCUT2D eigenvalue weighted by atomic mass is 10.0. The first-order valence-corrected chi connectivity index (χ1v) is 13.6. The molecule has 3 aromatic heterocycles. The van der Waals surface area contributed by atoms with Crippen molar-refractivity contribution in [2.75, 3.05) is 7.11 Å². The summed E-state index contributed by atoms with van der Waals surface area (Å²) in [5, 5.41) is 16.0. The molecule has 0 spiro atoms. The first-order chi connectivity index (χ1) is 18.4. The number of H-pyrrole nitrogens is 1. The van der Waals surface area contributed by atoms with Crippen LogP contribution < -0.4 is 10.3 Å². The third-order valence-electron chi connectivity index (χ3n) is 6.88. The maximum atomic E-state index is 13.2. The lowest BCUT2D eigenvalue weighted by molar-refractivity contribution is 0.163. The molecule has 0 fully saturated rings. The van der Waals surface area contributed by atoms with Crippen molar-refractivity contribution in [3.8, 4) is 5.75 Å². The third-order valence-corrected chi connectivity index (χ3v) is 7.74. The lowest BCUT2D eigenvalue weighted by Gasteiger charge is -2.30. The van der Waals surface area contributed by atoms with E-state index in [2.05, 4.69) is 62.8 Å². The molecule has 2 aromatic carbocycles. The summed E-state index contributed by atoms with van der Waals surface area (Å²) < 4.78 is 7.15. The van der Waals surface area contributed by atoms with Crippen LogP contribution in [0.5, 0.6) is 5.75 Å². The summed E-state index contributed by atoms with van der Waals surface area (Å²) in [6.45, 7) is 7.98. The molecular formula is C29H32N6O2S. The topological polar surface area (TPSA) is 88.9 Å². The maximum absolute atomic E-state index is 13.2. The highest BCUT2D eigenvalue weighted by Crippen LogP contribution is 2.28. The van der Waals surface area contributed by atoms with Crippen LogP contribution in [-0.4, -0.2) is 37.2 Å².